The molecule has 0 atom stereocenters. The van der Waals surface area contributed by atoms with Crippen molar-refractivity contribution >= 4 is 15.9 Å². The molecule has 0 unspecified atom stereocenters. The molecule has 1 saturated heterocycles. The number of ether oxygens (including phenoxy) is 2. The van der Waals surface area contributed by atoms with Crippen LogP contribution in [0.3, 0.4) is 0 Å². The van der Waals surface area contributed by atoms with E-state index in [4.69, 9.17) is 9.47 Å². The lowest BCUT2D eigenvalue weighted by Gasteiger charge is -2.26. The molecule has 0 aromatic heterocycles. The number of benzene rings is 1. The smallest absolute Gasteiger partial charge is 0.120 e. The molecule has 0 aliphatic carbocycles. The quantitative estimate of drug-likeness (QED) is 0.829. The van der Waals surface area contributed by atoms with E-state index in [2.05, 4.69) is 21.2 Å². The Labute approximate surface area is 97.9 Å². The van der Waals surface area contributed by atoms with Crippen LogP contribution in [-0.2, 0) is 4.74 Å². The zero-order valence-electron chi connectivity index (χ0n) is 8.41. The van der Waals surface area contributed by atoms with Crippen molar-refractivity contribution in [1.82, 2.24) is 5.32 Å². The van der Waals surface area contributed by atoms with Crippen molar-refractivity contribution in [1.29, 1.82) is 0 Å². The molecule has 82 valence electrons. The third-order valence-corrected chi connectivity index (χ3v) is 2.74. The second-order valence-corrected chi connectivity index (χ2v) is 4.37. The van der Waals surface area contributed by atoms with E-state index < -0.39 is 0 Å². The monoisotopic (exact) mass is 271 g/mol. The number of rotatable bonds is 5. The van der Waals surface area contributed by atoms with Crippen LogP contribution in [0.25, 0.3) is 0 Å². The van der Waals surface area contributed by atoms with E-state index in [9.17, 15) is 0 Å². The van der Waals surface area contributed by atoms with Crippen LogP contribution in [0.15, 0.2) is 28.7 Å². The van der Waals surface area contributed by atoms with Gasteiger partial charge in [-0.05, 0) is 18.2 Å². The molecule has 0 bridgehead atoms. The Kier molecular flexibility index (Phi) is 4.00. The standard InChI is InChI=1S/C11H14BrNO2/c12-9-2-1-3-10(6-9)14-4-5-15-11-7-13-8-11/h1-3,6,11,13H,4-5,7-8H2. The van der Waals surface area contributed by atoms with Gasteiger partial charge < -0.3 is 14.8 Å². The maximum Gasteiger partial charge on any atom is 0.120 e. The van der Waals surface area contributed by atoms with Crippen molar-refractivity contribution in [3.63, 3.8) is 0 Å². The average Bonchev–Trinajstić information content (AvgIpc) is 2.15. The van der Waals surface area contributed by atoms with Crippen molar-refractivity contribution in [3.8, 4) is 5.75 Å². The van der Waals surface area contributed by atoms with Gasteiger partial charge in [0.05, 0.1) is 12.7 Å². The van der Waals surface area contributed by atoms with Gasteiger partial charge in [-0.25, -0.2) is 0 Å². The first-order valence-electron chi connectivity index (χ1n) is 5.05. The van der Waals surface area contributed by atoms with E-state index in [1.54, 1.807) is 0 Å². The molecule has 0 saturated carbocycles. The summed E-state index contributed by atoms with van der Waals surface area (Å²) in [5, 5.41) is 3.16. The molecule has 1 aliphatic heterocycles. The van der Waals surface area contributed by atoms with E-state index >= 15 is 0 Å². The lowest BCUT2D eigenvalue weighted by Crippen LogP contribution is -2.48. The number of nitrogens with one attached hydrogen (secondary N) is 1. The van der Waals surface area contributed by atoms with Crippen molar-refractivity contribution in [2.24, 2.45) is 0 Å². The largest absolute Gasteiger partial charge is 0.491 e. The maximum atomic E-state index is 5.53. The highest BCUT2D eigenvalue weighted by Gasteiger charge is 2.16. The van der Waals surface area contributed by atoms with Gasteiger partial charge in [0.1, 0.15) is 12.4 Å². The molecule has 0 radical (unpaired) electrons. The Balaban J connectivity index is 1.64. The molecule has 2 rings (SSSR count). The summed E-state index contributed by atoms with van der Waals surface area (Å²) >= 11 is 3.40. The third kappa shape index (κ3) is 3.48. The number of hydrogen-bond donors (Lipinski definition) is 1. The van der Waals surface area contributed by atoms with Crippen LogP contribution in [0, 0.1) is 0 Å². The fraction of sp³-hybridized carbons (Fsp3) is 0.455. The summed E-state index contributed by atoms with van der Waals surface area (Å²) in [5.41, 5.74) is 0. The first-order chi connectivity index (χ1) is 7.34. The highest BCUT2D eigenvalue weighted by atomic mass is 79.9. The topological polar surface area (TPSA) is 30.5 Å². The van der Waals surface area contributed by atoms with E-state index in [0.29, 0.717) is 19.3 Å². The van der Waals surface area contributed by atoms with Crippen LogP contribution in [0.4, 0.5) is 0 Å². The Morgan fingerprint density at radius 3 is 2.87 bits per heavy atom. The summed E-state index contributed by atoms with van der Waals surface area (Å²) in [4.78, 5) is 0. The fourth-order valence-electron chi connectivity index (χ4n) is 1.31. The zero-order chi connectivity index (χ0) is 10.5. The van der Waals surface area contributed by atoms with Crippen LogP contribution >= 0.6 is 15.9 Å². The summed E-state index contributed by atoms with van der Waals surface area (Å²) in [6.45, 7) is 3.19. The van der Waals surface area contributed by atoms with Gasteiger partial charge in [-0.2, -0.15) is 0 Å². The van der Waals surface area contributed by atoms with Gasteiger partial charge in [-0.3, -0.25) is 0 Å². The Morgan fingerprint density at radius 2 is 2.20 bits per heavy atom. The minimum atomic E-state index is 0.385. The van der Waals surface area contributed by atoms with Crippen molar-refractivity contribution in [2.75, 3.05) is 26.3 Å². The molecule has 0 amide bonds. The van der Waals surface area contributed by atoms with Gasteiger partial charge in [0.15, 0.2) is 0 Å². The molecule has 1 fully saturated rings. The van der Waals surface area contributed by atoms with Crippen molar-refractivity contribution in [3.05, 3.63) is 28.7 Å². The molecule has 4 heteroatoms. The van der Waals surface area contributed by atoms with Crippen LogP contribution in [0.2, 0.25) is 0 Å². The highest BCUT2D eigenvalue weighted by molar-refractivity contribution is 9.10. The summed E-state index contributed by atoms with van der Waals surface area (Å²) in [7, 11) is 0. The summed E-state index contributed by atoms with van der Waals surface area (Å²) in [6, 6.07) is 7.82. The summed E-state index contributed by atoms with van der Waals surface area (Å²) < 4.78 is 12.1. The zero-order valence-corrected chi connectivity index (χ0v) is 10.00. The van der Waals surface area contributed by atoms with E-state index in [0.717, 1.165) is 23.3 Å². The molecule has 1 N–H and O–H groups in total. The predicted octanol–water partition coefficient (Wildman–Crippen LogP) is 1.82. The van der Waals surface area contributed by atoms with E-state index in [1.807, 2.05) is 24.3 Å². The van der Waals surface area contributed by atoms with Crippen LogP contribution in [0.1, 0.15) is 0 Å². The number of halogens is 1. The molecule has 3 nitrogen and oxygen atoms in total. The van der Waals surface area contributed by atoms with Gasteiger partial charge in [0.2, 0.25) is 0 Å². The SMILES string of the molecule is Brc1cccc(OCCOC2CNC2)c1. The average molecular weight is 272 g/mol. The lowest BCUT2D eigenvalue weighted by molar-refractivity contribution is 0.00454. The first kappa shape index (κ1) is 10.9. The second kappa shape index (κ2) is 5.49. The van der Waals surface area contributed by atoms with Crippen LogP contribution < -0.4 is 10.1 Å². The summed E-state index contributed by atoms with van der Waals surface area (Å²) in [5.74, 6) is 0.875. The Hall–Kier alpha value is -0.580. The minimum absolute atomic E-state index is 0.385. The van der Waals surface area contributed by atoms with Gasteiger partial charge in [0.25, 0.3) is 0 Å². The molecule has 1 aromatic carbocycles. The summed E-state index contributed by atoms with van der Waals surface area (Å²) in [6.07, 6.45) is 0.385. The maximum absolute atomic E-state index is 5.53. The Bertz CT molecular complexity index is 315. The van der Waals surface area contributed by atoms with Gasteiger partial charge in [-0.1, -0.05) is 22.0 Å². The molecule has 1 aliphatic rings. The molecule has 1 aromatic rings. The molecular formula is C11H14BrNO2. The fourth-order valence-corrected chi connectivity index (χ4v) is 1.69. The second-order valence-electron chi connectivity index (χ2n) is 3.46. The Morgan fingerprint density at radius 1 is 1.33 bits per heavy atom. The van der Waals surface area contributed by atoms with E-state index in [1.165, 1.54) is 0 Å². The third-order valence-electron chi connectivity index (χ3n) is 2.25. The van der Waals surface area contributed by atoms with Gasteiger partial charge in [0, 0.05) is 17.6 Å². The normalized spacial score (nSPS) is 16.1. The lowest BCUT2D eigenvalue weighted by atomic mass is 10.2. The highest BCUT2D eigenvalue weighted by Crippen LogP contribution is 2.17. The molecule has 1 heterocycles. The van der Waals surface area contributed by atoms with Gasteiger partial charge >= 0.3 is 0 Å². The molecular weight excluding hydrogens is 258 g/mol. The minimum Gasteiger partial charge on any atom is -0.491 e. The number of hydrogen-bond acceptors (Lipinski definition) is 3. The van der Waals surface area contributed by atoms with Crippen LogP contribution in [0.5, 0.6) is 5.75 Å². The molecule has 0 spiro atoms. The van der Waals surface area contributed by atoms with Gasteiger partial charge in [-0.15, -0.1) is 0 Å². The van der Waals surface area contributed by atoms with E-state index in [-0.39, 0.29) is 0 Å². The first-order valence-corrected chi connectivity index (χ1v) is 5.84. The molecule has 15 heavy (non-hydrogen) atoms. The predicted molar refractivity (Wildman–Crippen MR) is 62.2 cm³/mol. The van der Waals surface area contributed by atoms with Crippen LogP contribution in [-0.4, -0.2) is 32.4 Å². The van der Waals surface area contributed by atoms with Crippen molar-refractivity contribution < 1.29 is 9.47 Å². The van der Waals surface area contributed by atoms with Crippen molar-refractivity contribution in [2.45, 2.75) is 6.10 Å².